The number of halogens is 1. The topological polar surface area (TPSA) is 0 Å². The van der Waals surface area contributed by atoms with Gasteiger partial charge >= 0.3 is 0 Å². The van der Waals surface area contributed by atoms with Crippen molar-refractivity contribution in [1.82, 2.24) is 0 Å². The van der Waals surface area contributed by atoms with Gasteiger partial charge in [-0.1, -0.05) is 23.8 Å². The van der Waals surface area contributed by atoms with Crippen LogP contribution >= 0.6 is 11.8 Å². The fraction of sp³-hybridized carbons (Fsp3) is 0.333. The minimum atomic E-state index is -0.162. The fourth-order valence-electron chi connectivity index (χ4n) is 1.59. The molecule has 0 unspecified atom stereocenters. The van der Waals surface area contributed by atoms with E-state index in [0.29, 0.717) is 0 Å². The van der Waals surface area contributed by atoms with Gasteiger partial charge in [-0.25, -0.2) is 4.39 Å². The summed E-state index contributed by atoms with van der Waals surface area (Å²) in [5, 5.41) is 0. The van der Waals surface area contributed by atoms with Crippen molar-refractivity contribution in [1.29, 1.82) is 0 Å². The molecule has 1 aliphatic rings. The zero-order valence-corrected chi connectivity index (χ0v) is 8.82. The Bertz CT molecular complexity index is 319. The van der Waals surface area contributed by atoms with E-state index in [-0.39, 0.29) is 5.82 Å². The smallest absolute Gasteiger partial charge is 0.123 e. The van der Waals surface area contributed by atoms with E-state index in [1.54, 1.807) is 0 Å². The quantitative estimate of drug-likeness (QED) is 0.677. The molecule has 0 aromatic heterocycles. The summed E-state index contributed by atoms with van der Waals surface area (Å²) in [6.45, 7) is 0. The maximum atomic E-state index is 12.6. The maximum absolute atomic E-state index is 12.6. The Hall–Kier alpha value is -0.760. The Morgan fingerprint density at radius 1 is 1.21 bits per heavy atom. The van der Waals surface area contributed by atoms with Crippen molar-refractivity contribution in [3.63, 3.8) is 0 Å². The summed E-state index contributed by atoms with van der Waals surface area (Å²) in [4.78, 5) is 0. The average Bonchev–Trinajstić information content (AvgIpc) is 2.23. The van der Waals surface area contributed by atoms with Crippen LogP contribution in [0.15, 0.2) is 29.8 Å². The van der Waals surface area contributed by atoms with Gasteiger partial charge in [0, 0.05) is 5.75 Å². The van der Waals surface area contributed by atoms with Crippen LogP contribution in [0.2, 0.25) is 0 Å². The van der Waals surface area contributed by atoms with Crippen LogP contribution in [-0.4, -0.2) is 11.5 Å². The molecule has 1 aromatic carbocycles. The fourth-order valence-corrected chi connectivity index (χ4v) is 2.57. The van der Waals surface area contributed by atoms with E-state index in [1.165, 1.54) is 36.3 Å². The van der Waals surface area contributed by atoms with E-state index >= 15 is 0 Å². The first-order valence-corrected chi connectivity index (χ1v) is 6.03. The summed E-state index contributed by atoms with van der Waals surface area (Å²) in [5.74, 6) is 2.25. The molecule has 0 spiro atoms. The van der Waals surface area contributed by atoms with E-state index in [4.69, 9.17) is 0 Å². The lowest BCUT2D eigenvalue weighted by atomic mass is 10.1. The SMILES string of the molecule is Fc1ccc(C=C2CCCSC2)cc1. The summed E-state index contributed by atoms with van der Waals surface area (Å²) in [6, 6.07) is 6.70. The third kappa shape index (κ3) is 2.61. The Labute approximate surface area is 88.2 Å². The highest BCUT2D eigenvalue weighted by molar-refractivity contribution is 7.99. The van der Waals surface area contributed by atoms with Crippen molar-refractivity contribution in [3.8, 4) is 0 Å². The predicted molar refractivity (Wildman–Crippen MR) is 60.9 cm³/mol. The number of thioether (sulfide) groups is 1. The van der Waals surface area contributed by atoms with Gasteiger partial charge < -0.3 is 0 Å². The molecule has 0 radical (unpaired) electrons. The monoisotopic (exact) mass is 208 g/mol. The molecule has 0 atom stereocenters. The van der Waals surface area contributed by atoms with Crippen LogP contribution in [0.4, 0.5) is 4.39 Å². The molecule has 0 nitrogen and oxygen atoms in total. The second-order valence-electron chi connectivity index (χ2n) is 3.51. The third-order valence-corrected chi connectivity index (χ3v) is 3.47. The van der Waals surface area contributed by atoms with Crippen molar-refractivity contribution in [2.75, 3.05) is 11.5 Å². The molecule has 1 heterocycles. The molecule has 0 amide bonds. The van der Waals surface area contributed by atoms with Crippen LogP contribution in [0.3, 0.4) is 0 Å². The standard InChI is InChI=1S/C12H13FS/c13-12-5-3-10(4-6-12)8-11-2-1-7-14-9-11/h3-6,8H,1-2,7,9H2. The molecule has 1 aliphatic heterocycles. The molecular formula is C12H13FS. The van der Waals surface area contributed by atoms with Gasteiger partial charge in [0.2, 0.25) is 0 Å². The molecule has 2 rings (SSSR count). The van der Waals surface area contributed by atoms with Crippen molar-refractivity contribution in [3.05, 3.63) is 41.2 Å². The second kappa shape index (κ2) is 4.65. The molecule has 14 heavy (non-hydrogen) atoms. The molecule has 0 saturated carbocycles. The summed E-state index contributed by atoms with van der Waals surface area (Å²) < 4.78 is 12.6. The summed E-state index contributed by atoms with van der Waals surface area (Å²) in [5.41, 5.74) is 2.59. The molecule has 0 bridgehead atoms. The molecule has 0 N–H and O–H groups in total. The first-order chi connectivity index (χ1) is 6.84. The number of rotatable bonds is 1. The molecule has 0 aliphatic carbocycles. The van der Waals surface area contributed by atoms with E-state index < -0.39 is 0 Å². The lowest BCUT2D eigenvalue weighted by Crippen LogP contribution is -1.97. The zero-order chi connectivity index (χ0) is 9.80. The first kappa shape index (κ1) is 9.78. The van der Waals surface area contributed by atoms with Crippen LogP contribution in [0.1, 0.15) is 18.4 Å². The van der Waals surface area contributed by atoms with Crippen molar-refractivity contribution >= 4 is 17.8 Å². The van der Waals surface area contributed by atoms with Gasteiger partial charge in [0.15, 0.2) is 0 Å². The van der Waals surface area contributed by atoms with Gasteiger partial charge in [0.1, 0.15) is 5.82 Å². The van der Waals surface area contributed by atoms with E-state index in [9.17, 15) is 4.39 Å². The van der Waals surface area contributed by atoms with Gasteiger partial charge in [-0.05, 0) is 36.3 Å². The molecule has 2 heteroatoms. The largest absolute Gasteiger partial charge is 0.207 e. The first-order valence-electron chi connectivity index (χ1n) is 4.87. The molecule has 74 valence electrons. The van der Waals surface area contributed by atoms with Gasteiger partial charge in [0.05, 0.1) is 0 Å². The van der Waals surface area contributed by atoms with Gasteiger partial charge in [-0.3, -0.25) is 0 Å². The number of hydrogen-bond acceptors (Lipinski definition) is 1. The highest BCUT2D eigenvalue weighted by Crippen LogP contribution is 2.23. The molecule has 1 aromatic rings. The van der Waals surface area contributed by atoms with Gasteiger partial charge in [-0.2, -0.15) is 11.8 Å². The Kier molecular flexibility index (Phi) is 3.25. The third-order valence-electron chi connectivity index (χ3n) is 2.31. The zero-order valence-electron chi connectivity index (χ0n) is 8.00. The van der Waals surface area contributed by atoms with Crippen LogP contribution in [-0.2, 0) is 0 Å². The van der Waals surface area contributed by atoms with Crippen molar-refractivity contribution in [2.45, 2.75) is 12.8 Å². The number of benzene rings is 1. The van der Waals surface area contributed by atoms with Crippen molar-refractivity contribution < 1.29 is 4.39 Å². The Morgan fingerprint density at radius 2 is 2.00 bits per heavy atom. The van der Waals surface area contributed by atoms with Gasteiger partial charge in [0.25, 0.3) is 0 Å². The highest BCUT2D eigenvalue weighted by atomic mass is 32.2. The van der Waals surface area contributed by atoms with Crippen LogP contribution in [0.5, 0.6) is 0 Å². The summed E-state index contributed by atoms with van der Waals surface area (Å²) in [6.07, 6.45) is 4.66. The number of hydrogen-bond donors (Lipinski definition) is 0. The van der Waals surface area contributed by atoms with E-state index in [0.717, 1.165) is 11.3 Å². The molecular weight excluding hydrogens is 195 g/mol. The lowest BCUT2D eigenvalue weighted by molar-refractivity contribution is 0.627. The predicted octanol–water partition coefficient (Wildman–Crippen LogP) is 3.74. The van der Waals surface area contributed by atoms with Crippen molar-refractivity contribution in [2.24, 2.45) is 0 Å². The molecule has 1 saturated heterocycles. The second-order valence-corrected chi connectivity index (χ2v) is 4.62. The lowest BCUT2D eigenvalue weighted by Gasteiger charge is -2.13. The average molecular weight is 208 g/mol. The maximum Gasteiger partial charge on any atom is 0.123 e. The van der Waals surface area contributed by atoms with Gasteiger partial charge in [-0.15, -0.1) is 0 Å². The van der Waals surface area contributed by atoms with E-state index in [1.807, 2.05) is 23.9 Å². The Morgan fingerprint density at radius 3 is 2.64 bits per heavy atom. The minimum Gasteiger partial charge on any atom is -0.207 e. The minimum absolute atomic E-state index is 0.162. The Balaban J connectivity index is 2.11. The summed E-state index contributed by atoms with van der Waals surface area (Å²) in [7, 11) is 0. The summed E-state index contributed by atoms with van der Waals surface area (Å²) >= 11 is 1.98. The highest BCUT2D eigenvalue weighted by Gasteiger charge is 2.04. The normalized spacial score (nSPS) is 19.9. The van der Waals surface area contributed by atoms with E-state index in [2.05, 4.69) is 6.08 Å². The van der Waals surface area contributed by atoms with Crippen LogP contribution in [0.25, 0.3) is 6.08 Å². The molecule has 1 fully saturated rings. The van der Waals surface area contributed by atoms with Crippen LogP contribution in [0, 0.1) is 5.82 Å². The van der Waals surface area contributed by atoms with Crippen LogP contribution < -0.4 is 0 Å².